The molecule has 0 atom stereocenters. The minimum atomic E-state index is 1.03. The second-order valence-electron chi connectivity index (χ2n) is 4.11. The molecule has 0 radical (unpaired) electrons. The van der Waals surface area contributed by atoms with Crippen molar-refractivity contribution < 1.29 is 0 Å². The summed E-state index contributed by atoms with van der Waals surface area (Å²) in [5, 5.41) is 1.17. The van der Waals surface area contributed by atoms with Gasteiger partial charge in [0.1, 0.15) is 0 Å². The predicted molar refractivity (Wildman–Crippen MR) is 69.7 cm³/mol. The molecule has 0 unspecified atom stereocenters. The van der Waals surface area contributed by atoms with E-state index < -0.39 is 0 Å². The standard InChI is InChI=1S/C15H12N2/c1-11-9-16-7-6-14(11)13-8-12-4-2-3-5-15(12)17-10-13/h2-10H,1H3. The van der Waals surface area contributed by atoms with E-state index >= 15 is 0 Å². The topological polar surface area (TPSA) is 25.8 Å². The summed E-state index contributed by atoms with van der Waals surface area (Å²) in [6, 6.07) is 12.4. The van der Waals surface area contributed by atoms with E-state index in [2.05, 4.69) is 29.0 Å². The molecule has 2 heteroatoms. The van der Waals surface area contributed by atoms with Crippen LogP contribution in [0.2, 0.25) is 0 Å². The molecule has 0 amide bonds. The van der Waals surface area contributed by atoms with E-state index in [4.69, 9.17) is 0 Å². The van der Waals surface area contributed by atoms with Gasteiger partial charge in [0.05, 0.1) is 5.52 Å². The van der Waals surface area contributed by atoms with Crippen LogP contribution < -0.4 is 0 Å². The van der Waals surface area contributed by atoms with Gasteiger partial charge in [0.2, 0.25) is 0 Å². The lowest BCUT2D eigenvalue weighted by Crippen LogP contribution is -1.86. The van der Waals surface area contributed by atoms with Crippen LogP contribution in [0.1, 0.15) is 5.56 Å². The Hall–Kier alpha value is -2.22. The van der Waals surface area contributed by atoms with Crippen molar-refractivity contribution in [3.8, 4) is 11.1 Å². The highest BCUT2D eigenvalue weighted by Crippen LogP contribution is 2.24. The van der Waals surface area contributed by atoms with Crippen molar-refractivity contribution in [2.75, 3.05) is 0 Å². The molecule has 3 aromatic rings. The van der Waals surface area contributed by atoms with Gasteiger partial charge in [-0.3, -0.25) is 9.97 Å². The number of aromatic nitrogens is 2. The van der Waals surface area contributed by atoms with Crippen LogP contribution in [0.15, 0.2) is 55.0 Å². The maximum atomic E-state index is 4.48. The molecule has 0 saturated carbocycles. The number of rotatable bonds is 1. The molecule has 1 aromatic carbocycles. The van der Waals surface area contributed by atoms with Gasteiger partial charge in [0.15, 0.2) is 0 Å². The van der Waals surface area contributed by atoms with E-state index in [9.17, 15) is 0 Å². The third kappa shape index (κ3) is 1.78. The number of hydrogen-bond donors (Lipinski definition) is 0. The molecule has 0 aliphatic rings. The Morgan fingerprint density at radius 2 is 1.88 bits per heavy atom. The minimum Gasteiger partial charge on any atom is -0.264 e. The molecular weight excluding hydrogens is 208 g/mol. The molecule has 0 N–H and O–H groups in total. The summed E-state index contributed by atoms with van der Waals surface area (Å²) in [7, 11) is 0. The highest BCUT2D eigenvalue weighted by atomic mass is 14.7. The van der Waals surface area contributed by atoms with Crippen LogP contribution in [-0.2, 0) is 0 Å². The highest BCUT2D eigenvalue weighted by molar-refractivity contribution is 5.83. The van der Waals surface area contributed by atoms with Crippen molar-refractivity contribution in [2.24, 2.45) is 0 Å². The van der Waals surface area contributed by atoms with Gasteiger partial charge in [-0.1, -0.05) is 18.2 Å². The molecular formula is C15H12N2. The SMILES string of the molecule is Cc1cnccc1-c1cnc2ccccc2c1. The lowest BCUT2D eigenvalue weighted by Gasteiger charge is -2.05. The van der Waals surface area contributed by atoms with Gasteiger partial charge in [-0.15, -0.1) is 0 Å². The van der Waals surface area contributed by atoms with E-state index in [-0.39, 0.29) is 0 Å². The van der Waals surface area contributed by atoms with E-state index in [1.165, 1.54) is 16.5 Å². The highest BCUT2D eigenvalue weighted by Gasteiger charge is 2.03. The van der Waals surface area contributed by atoms with E-state index in [0.717, 1.165) is 11.1 Å². The largest absolute Gasteiger partial charge is 0.264 e. The van der Waals surface area contributed by atoms with Gasteiger partial charge in [-0.05, 0) is 36.2 Å². The van der Waals surface area contributed by atoms with Crippen LogP contribution >= 0.6 is 0 Å². The van der Waals surface area contributed by atoms with Crippen molar-refractivity contribution in [2.45, 2.75) is 6.92 Å². The second-order valence-corrected chi connectivity index (χ2v) is 4.11. The molecule has 17 heavy (non-hydrogen) atoms. The summed E-state index contributed by atoms with van der Waals surface area (Å²) < 4.78 is 0. The Balaban J connectivity index is 2.22. The zero-order valence-corrected chi connectivity index (χ0v) is 9.59. The van der Waals surface area contributed by atoms with Crippen molar-refractivity contribution >= 4 is 10.9 Å². The van der Waals surface area contributed by atoms with Gasteiger partial charge < -0.3 is 0 Å². The molecule has 0 aliphatic heterocycles. The van der Waals surface area contributed by atoms with Crippen LogP contribution in [0.5, 0.6) is 0 Å². The average Bonchev–Trinajstić information content (AvgIpc) is 2.39. The maximum absolute atomic E-state index is 4.48. The summed E-state index contributed by atoms with van der Waals surface area (Å²) in [4.78, 5) is 8.59. The average molecular weight is 220 g/mol. The molecule has 3 rings (SSSR count). The molecule has 0 spiro atoms. The fraction of sp³-hybridized carbons (Fsp3) is 0.0667. The van der Waals surface area contributed by atoms with Gasteiger partial charge in [-0.2, -0.15) is 0 Å². The number of benzene rings is 1. The normalized spacial score (nSPS) is 10.6. The van der Waals surface area contributed by atoms with Crippen LogP contribution in [0.4, 0.5) is 0 Å². The van der Waals surface area contributed by atoms with Gasteiger partial charge in [0.25, 0.3) is 0 Å². The Morgan fingerprint density at radius 1 is 1.00 bits per heavy atom. The Morgan fingerprint density at radius 3 is 2.76 bits per heavy atom. The minimum absolute atomic E-state index is 1.03. The van der Waals surface area contributed by atoms with Crippen molar-refractivity contribution in [3.63, 3.8) is 0 Å². The fourth-order valence-corrected chi connectivity index (χ4v) is 2.02. The summed E-state index contributed by atoms with van der Waals surface area (Å²) in [5.74, 6) is 0. The summed E-state index contributed by atoms with van der Waals surface area (Å²) >= 11 is 0. The van der Waals surface area contributed by atoms with Crippen LogP contribution in [0.3, 0.4) is 0 Å². The molecule has 0 aliphatic carbocycles. The van der Waals surface area contributed by atoms with Crippen molar-refractivity contribution in [1.82, 2.24) is 9.97 Å². The van der Waals surface area contributed by atoms with E-state index in [1.54, 1.807) is 0 Å². The second kappa shape index (κ2) is 3.98. The Labute approximate surface area is 100.0 Å². The summed E-state index contributed by atoms with van der Waals surface area (Å²) in [6.07, 6.45) is 5.62. The lowest BCUT2D eigenvalue weighted by atomic mass is 10.0. The van der Waals surface area contributed by atoms with Gasteiger partial charge in [-0.25, -0.2) is 0 Å². The van der Waals surface area contributed by atoms with E-state index in [1.807, 2.05) is 42.9 Å². The van der Waals surface area contributed by atoms with Crippen LogP contribution in [0.25, 0.3) is 22.0 Å². The molecule has 2 nitrogen and oxygen atoms in total. The quantitative estimate of drug-likeness (QED) is 0.626. The number of fused-ring (bicyclic) bond motifs is 1. The first kappa shape index (κ1) is 9.97. The maximum Gasteiger partial charge on any atom is 0.0702 e. The smallest absolute Gasteiger partial charge is 0.0702 e. The molecule has 0 fully saturated rings. The number of pyridine rings is 2. The Kier molecular flexibility index (Phi) is 2.33. The fourth-order valence-electron chi connectivity index (χ4n) is 2.02. The first-order valence-corrected chi connectivity index (χ1v) is 5.60. The zero-order chi connectivity index (χ0) is 11.7. The molecule has 0 bridgehead atoms. The third-order valence-corrected chi connectivity index (χ3v) is 2.92. The first-order valence-electron chi connectivity index (χ1n) is 5.60. The van der Waals surface area contributed by atoms with E-state index in [0.29, 0.717) is 0 Å². The Bertz CT molecular complexity index is 674. The zero-order valence-electron chi connectivity index (χ0n) is 9.59. The van der Waals surface area contributed by atoms with Crippen molar-refractivity contribution in [1.29, 1.82) is 0 Å². The molecule has 2 heterocycles. The first-order chi connectivity index (χ1) is 8.34. The molecule has 2 aromatic heterocycles. The third-order valence-electron chi connectivity index (χ3n) is 2.92. The van der Waals surface area contributed by atoms with Gasteiger partial charge in [0, 0.05) is 29.5 Å². The van der Waals surface area contributed by atoms with Gasteiger partial charge >= 0.3 is 0 Å². The summed E-state index contributed by atoms with van der Waals surface area (Å²) in [6.45, 7) is 2.07. The molecule has 0 saturated heterocycles. The monoisotopic (exact) mass is 220 g/mol. The van der Waals surface area contributed by atoms with Crippen LogP contribution in [0, 0.1) is 6.92 Å². The number of para-hydroxylation sites is 1. The number of hydrogen-bond acceptors (Lipinski definition) is 2. The molecule has 82 valence electrons. The predicted octanol–water partition coefficient (Wildman–Crippen LogP) is 3.61. The lowest BCUT2D eigenvalue weighted by molar-refractivity contribution is 1.27. The van der Waals surface area contributed by atoms with Crippen molar-refractivity contribution in [3.05, 3.63) is 60.6 Å². The summed E-state index contributed by atoms with van der Waals surface area (Å²) in [5.41, 5.74) is 4.54. The van der Waals surface area contributed by atoms with Crippen LogP contribution in [-0.4, -0.2) is 9.97 Å². The number of nitrogens with zero attached hydrogens (tertiary/aromatic N) is 2. The number of aryl methyl sites for hydroxylation is 1.